The standard InChI is InChI=1S/C13H15Cl3N2O3/c1-13(2,6-11(20)21)5-10(19)17-18-12-8(15)3-7(14)4-9(12)16/h3-4,18H,5-6H2,1-2H3,(H,17,19)(H,20,21). The van der Waals surface area contributed by atoms with Gasteiger partial charge in [-0.1, -0.05) is 48.7 Å². The van der Waals surface area contributed by atoms with Crippen molar-refractivity contribution in [3.8, 4) is 0 Å². The summed E-state index contributed by atoms with van der Waals surface area (Å²) < 4.78 is 0. The Bertz CT molecular complexity index is 539. The molecule has 0 heterocycles. The number of hydrogen-bond donors (Lipinski definition) is 3. The quantitative estimate of drug-likeness (QED) is 0.676. The van der Waals surface area contributed by atoms with E-state index >= 15 is 0 Å². The molecule has 0 fully saturated rings. The molecule has 5 nitrogen and oxygen atoms in total. The van der Waals surface area contributed by atoms with E-state index in [1.165, 1.54) is 12.1 Å². The van der Waals surface area contributed by atoms with E-state index in [1.807, 2.05) is 0 Å². The molecule has 0 unspecified atom stereocenters. The van der Waals surface area contributed by atoms with Crippen LogP contribution in [-0.4, -0.2) is 17.0 Å². The van der Waals surface area contributed by atoms with Gasteiger partial charge in [0.25, 0.3) is 0 Å². The van der Waals surface area contributed by atoms with Crippen molar-refractivity contribution in [3.05, 3.63) is 27.2 Å². The Hall–Kier alpha value is -1.17. The summed E-state index contributed by atoms with van der Waals surface area (Å²) in [5, 5.41) is 9.68. The van der Waals surface area contributed by atoms with Crippen LogP contribution in [0.3, 0.4) is 0 Å². The van der Waals surface area contributed by atoms with Gasteiger partial charge in [-0.15, -0.1) is 0 Å². The highest BCUT2D eigenvalue weighted by atomic mass is 35.5. The lowest BCUT2D eigenvalue weighted by Gasteiger charge is -2.22. The molecule has 1 aromatic carbocycles. The highest BCUT2D eigenvalue weighted by Gasteiger charge is 2.25. The molecule has 8 heteroatoms. The fourth-order valence-electron chi connectivity index (χ4n) is 1.74. The van der Waals surface area contributed by atoms with Gasteiger partial charge in [-0.25, -0.2) is 0 Å². The molecule has 0 saturated heterocycles. The number of hydrazine groups is 1. The molecular weight excluding hydrogens is 339 g/mol. The molecule has 0 aliphatic heterocycles. The van der Waals surface area contributed by atoms with E-state index in [0.717, 1.165) is 0 Å². The number of benzene rings is 1. The SMILES string of the molecule is CC(C)(CC(=O)O)CC(=O)NNc1c(Cl)cc(Cl)cc1Cl. The average Bonchev–Trinajstić information content (AvgIpc) is 2.24. The van der Waals surface area contributed by atoms with Crippen molar-refractivity contribution in [2.24, 2.45) is 5.41 Å². The number of halogens is 3. The molecule has 21 heavy (non-hydrogen) atoms. The Balaban J connectivity index is 2.64. The largest absolute Gasteiger partial charge is 0.481 e. The molecule has 0 aromatic heterocycles. The molecule has 3 N–H and O–H groups in total. The van der Waals surface area contributed by atoms with Gasteiger partial charge in [0.1, 0.15) is 0 Å². The number of carbonyl (C=O) groups is 2. The van der Waals surface area contributed by atoms with Crippen LogP contribution in [0, 0.1) is 5.41 Å². The number of carboxylic acid groups (broad SMARTS) is 1. The third-order valence-electron chi connectivity index (χ3n) is 2.60. The molecular formula is C13H15Cl3N2O3. The number of rotatable bonds is 6. The van der Waals surface area contributed by atoms with Gasteiger partial charge < -0.3 is 5.11 Å². The van der Waals surface area contributed by atoms with E-state index in [2.05, 4.69) is 10.9 Å². The topological polar surface area (TPSA) is 78.4 Å². The van der Waals surface area contributed by atoms with E-state index in [-0.39, 0.29) is 28.8 Å². The van der Waals surface area contributed by atoms with Gasteiger partial charge in [0.2, 0.25) is 5.91 Å². The fraction of sp³-hybridized carbons (Fsp3) is 0.385. The monoisotopic (exact) mass is 352 g/mol. The van der Waals surface area contributed by atoms with Gasteiger partial charge in [-0.05, 0) is 17.5 Å². The smallest absolute Gasteiger partial charge is 0.303 e. The van der Waals surface area contributed by atoms with Crippen molar-refractivity contribution in [2.45, 2.75) is 26.7 Å². The van der Waals surface area contributed by atoms with Crippen LogP contribution in [0.2, 0.25) is 15.1 Å². The predicted octanol–water partition coefficient (Wildman–Crippen LogP) is 3.98. The third-order valence-corrected chi connectivity index (χ3v) is 3.42. The zero-order valence-corrected chi connectivity index (χ0v) is 13.7. The van der Waals surface area contributed by atoms with Crippen molar-refractivity contribution in [2.75, 3.05) is 5.43 Å². The van der Waals surface area contributed by atoms with E-state index in [1.54, 1.807) is 13.8 Å². The molecule has 0 radical (unpaired) electrons. The van der Waals surface area contributed by atoms with E-state index in [0.29, 0.717) is 10.7 Å². The summed E-state index contributed by atoms with van der Waals surface area (Å²) in [6, 6.07) is 2.97. The molecule has 0 aliphatic rings. The maximum Gasteiger partial charge on any atom is 0.303 e. The van der Waals surface area contributed by atoms with Crippen LogP contribution >= 0.6 is 34.8 Å². The van der Waals surface area contributed by atoms with E-state index in [4.69, 9.17) is 39.9 Å². The number of anilines is 1. The minimum absolute atomic E-state index is 0.0368. The summed E-state index contributed by atoms with van der Waals surface area (Å²) in [5.41, 5.74) is 4.71. The molecule has 0 atom stereocenters. The third kappa shape index (κ3) is 5.99. The first-order valence-electron chi connectivity index (χ1n) is 6.02. The van der Waals surface area contributed by atoms with Gasteiger partial charge in [-0.2, -0.15) is 0 Å². The molecule has 1 amide bonds. The second-order valence-electron chi connectivity index (χ2n) is 5.33. The number of amides is 1. The Labute approximate surface area is 137 Å². The van der Waals surface area contributed by atoms with Crippen LogP contribution < -0.4 is 10.9 Å². The van der Waals surface area contributed by atoms with Gasteiger partial charge in [-0.3, -0.25) is 20.4 Å². The highest BCUT2D eigenvalue weighted by Crippen LogP contribution is 2.33. The molecule has 0 saturated carbocycles. The van der Waals surface area contributed by atoms with Crippen LogP contribution in [0.25, 0.3) is 0 Å². The Kier molecular flexibility index (Phi) is 6.13. The number of nitrogens with one attached hydrogen (secondary N) is 2. The molecule has 0 bridgehead atoms. The second-order valence-corrected chi connectivity index (χ2v) is 6.58. The minimum Gasteiger partial charge on any atom is -0.481 e. The Morgan fingerprint density at radius 1 is 1.14 bits per heavy atom. The van der Waals surface area contributed by atoms with Crippen LogP contribution in [0.1, 0.15) is 26.7 Å². The summed E-state index contributed by atoms with van der Waals surface area (Å²) in [6.45, 7) is 3.39. The predicted molar refractivity (Wildman–Crippen MR) is 83.9 cm³/mol. The lowest BCUT2D eigenvalue weighted by molar-refractivity contribution is -0.139. The Morgan fingerprint density at radius 2 is 1.67 bits per heavy atom. The minimum atomic E-state index is -0.954. The van der Waals surface area contributed by atoms with Crippen LogP contribution in [0.4, 0.5) is 5.69 Å². The molecule has 0 spiro atoms. The van der Waals surface area contributed by atoms with Crippen molar-refractivity contribution in [3.63, 3.8) is 0 Å². The van der Waals surface area contributed by atoms with Crippen molar-refractivity contribution in [1.29, 1.82) is 0 Å². The maximum atomic E-state index is 11.8. The number of aliphatic carboxylic acids is 1. The maximum absolute atomic E-state index is 11.8. The first-order chi connectivity index (χ1) is 9.60. The zero-order chi connectivity index (χ0) is 16.2. The second kappa shape index (κ2) is 7.20. The molecule has 1 rings (SSSR count). The summed E-state index contributed by atoms with van der Waals surface area (Å²) in [4.78, 5) is 22.5. The van der Waals surface area contributed by atoms with Gasteiger partial charge in [0, 0.05) is 11.4 Å². The summed E-state index contributed by atoms with van der Waals surface area (Å²) >= 11 is 17.7. The molecule has 116 valence electrons. The van der Waals surface area contributed by atoms with Gasteiger partial charge in [0.05, 0.1) is 22.2 Å². The first kappa shape index (κ1) is 17.9. The lowest BCUT2D eigenvalue weighted by Crippen LogP contribution is -2.34. The normalized spacial score (nSPS) is 11.1. The zero-order valence-electron chi connectivity index (χ0n) is 11.5. The first-order valence-corrected chi connectivity index (χ1v) is 7.15. The molecule has 0 aliphatic carbocycles. The molecule has 1 aromatic rings. The number of hydrogen-bond acceptors (Lipinski definition) is 3. The Morgan fingerprint density at radius 3 is 2.14 bits per heavy atom. The van der Waals surface area contributed by atoms with Crippen molar-refractivity contribution in [1.82, 2.24) is 5.43 Å². The van der Waals surface area contributed by atoms with Crippen LogP contribution in [0.15, 0.2) is 12.1 Å². The summed E-state index contributed by atoms with van der Waals surface area (Å²) in [5.74, 6) is -1.33. The highest BCUT2D eigenvalue weighted by molar-refractivity contribution is 6.41. The number of carbonyl (C=O) groups excluding carboxylic acids is 1. The van der Waals surface area contributed by atoms with E-state index < -0.39 is 11.4 Å². The van der Waals surface area contributed by atoms with E-state index in [9.17, 15) is 9.59 Å². The van der Waals surface area contributed by atoms with Crippen molar-refractivity contribution < 1.29 is 14.7 Å². The number of carboxylic acids is 1. The van der Waals surface area contributed by atoms with Gasteiger partial charge >= 0.3 is 5.97 Å². The van der Waals surface area contributed by atoms with Crippen molar-refractivity contribution >= 4 is 52.4 Å². The summed E-state index contributed by atoms with van der Waals surface area (Å²) in [7, 11) is 0. The fourth-order valence-corrected chi connectivity index (χ4v) is 2.66. The van der Waals surface area contributed by atoms with Gasteiger partial charge in [0.15, 0.2) is 0 Å². The summed E-state index contributed by atoms with van der Waals surface area (Å²) in [6.07, 6.45) is -0.0714. The average molecular weight is 354 g/mol. The van der Waals surface area contributed by atoms with Crippen LogP contribution in [0.5, 0.6) is 0 Å². The van der Waals surface area contributed by atoms with Crippen LogP contribution in [-0.2, 0) is 9.59 Å². The lowest BCUT2D eigenvalue weighted by atomic mass is 9.85.